The van der Waals surface area contributed by atoms with Crippen LogP contribution in [0.5, 0.6) is 0 Å². The van der Waals surface area contributed by atoms with Gasteiger partial charge in [0.25, 0.3) is 0 Å². The Morgan fingerprint density at radius 1 is 1.40 bits per heavy atom. The van der Waals surface area contributed by atoms with Crippen LogP contribution in [0.3, 0.4) is 0 Å². The van der Waals surface area contributed by atoms with Crippen LogP contribution in [0, 0.1) is 11.8 Å². The van der Waals surface area contributed by atoms with Crippen molar-refractivity contribution in [2.75, 3.05) is 19.8 Å². The van der Waals surface area contributed by atoms with E-state index in [1.54, 1.807) is 0 Å². The molecule has 0 radical (unpaired) electrons. The van der Waals surface area contributed by atoms with Crippen molar-refractivity contribution in [2.45, 2.75) is 45.4 Å². The molecule has 0 aliphatic carbocycles. The van der Waals surface area contributed by atoms with Crippen LogP contribution < -0.4 is 5.32 Å². The fraction of sp³-hybridized carbons (Fsp3) is 0.833. The zero-order valence-corrected chi connectivity index (χ0v) is 9.71. The minimum absolute atomic E-state index is 0.0296. The molecular formula is C12H21NO2. The predicted molar refractivity (Wildman–Crippen MR) is 60.5 cm³/mol. The Morgan fingerprint density at radius 3 is 2.73 bits per heavy atom. The maximum Gasteiger partial charge on any atom is 0.159 e. The Labute approximate surface area is 92.5 Å². The Bertz CT molecular complexity index is 213. The van der Waals surface area contributed by atoms with Gasteiger partial charge in [-0.2, -0.15) is 0 Å². The Hall–Kier alpha value is -0.560. The number of nitrogens with one attached hydrogen (secondary N) is 1. The summed E-state index contributed by atoms with van der Waals surface area (Å²) in [6.45, 7) is 6.52. The molecule has 15 heavy (non-hydrogen) atoms. The Balaban J connectivity index is 2.28. The summed E-state index contributed by atoms with van der Waals surface area (Å²) in [5.74, 6) is 6.04. The van der Waals surface area contributed by atoms with Crippen molar-refractivity contribution in [1.29, 1.82) is 0 Å². The summed E-state index contributed by atoms with van der Waals surface area (Å²) in [6.07, 6.45) is 2.88. The van der Waals surface area contributed by atoms with E-state index < -0.39 is 0 Å². The fourth-order valence-electron chi connectivity index (χ4n) is 1.59. The molecule has 0 aromatic heterocycles. The molecule has 1 fully saturated rings. The molecule has 3 heteroatoms. The molecule has 3 nitrogen and oxygen atoms in total. The van der Waals surface area contributed by atoms with Crippen molar-refractivity contribution in [2.24, 2.45) is 0 Å². The van der Waals surface area contributed by atoms with Crippen LogP contribution in [-0.2, 0) is 9.47 Å². The average molecular weight is 211 g/mol. The van der Waals surface area contributed by atoms with Crippen LogP contribution in [-0.4, -0.2) is 32.1 Å². The smallest absolute Gasteiger partial charge is 0.159 e. The number of rotatable bonds is 6. The molecular weight excluding hydrogens is 190 g/mol. The Morgan fingerprint density at radius 2 is 2.13 bits per heavy atom. The lowest BCUT2D eigenvalue weighted by atomic mass is 10.1. The monoisotopic (exact) mass is 211 g/mol. The highest BCUT2D eigenvalue weighted by molar-refractivity contribution is 4.98. The van der Waals surface area contributed by atoms with Crippen LogP contribution in [0.1, 0.15) is 33.1 Å². The molecule has 1 aliphatic heterocycles. The summed E-state index contributed by atoms with van der Waals surface area (Å²) in [5, 5.41) is 3.47. The quantitative estimate of drug-likeness (QED) is 0.676. The molecule has 86 valence electrons. The Kier molecular flexibility index (Phi) is 6.42. The van der Waals surface area contributed by atoms with E-state index in [-0.39, 0.29) is 6.29 Å². The van der Waals surface area contributed by atoms with E-state index in [1.807, 2.05) is 6.92 Å². The summed E-state index contributed by atoms with van der Waals surface area (Å²) in [5.41, 5.74) is 0. The van der Waals surface area contributed by atoms with E-state index in [4.69, 9.17) is 9.47 Å². The second-order valence-corrected chi connectivity index (χ2v) is 3.69. The summed E-state index contributed by atoms with van der Waals surface area (Å²) in [7, 11) is 0. The zero-order valence-electron chi connectivity index (χ0n) is 9.71. The van der Waals surface area contributed by atoms with E-state index >= 15 is 0 Å². The lowest BCUT2D eigenvalue weighted by Crippen LogP contribution is -2.33. The second-order valence-electron chi connectivity index (χ2n) is 3.69. The molecule has 0 aromatic rings. The van der Waals surface area contributed by atoms with E-state index in [2.05, 4.69) is 24.1 Å². The molecule has 0 aromatic carbocycles. The van der Waals surface area contributed by atoms with Crippen molar-refractivity contribution < 1.29 is 9.47 Å². The predicted octanol–water partition coefficient (Wildman–Crippen LogP) is 1.53. The first-order valence-electron chi connectivity index (χ1n) is 5.73. The summed E-state index contributed by atoms with van der Waals surface area (Å²) in [4.78, 5) is 0. The zero-order chi connectivity index (χ0) is 10.9. The first-order chi connectivity index (χ1) is 7.36. The topological polar surface area (TPSA) is 30.5 Å². The number of ether oxygens (including phenoxy) is 2. The highest BCUT2D eigenvalue weighted by Gasteiger charge is 2.20. The average Bonchev–Trinajstić information content (AvgIpc) is 2.74. The number of hydrogen-bond donors (Lipinski definition) is 1. The van der Waals surface area contributed by atoms with Crippen LogP contribution in [0.25, 0.3) is 0 Å². The normalized spacial score (nSPS) is 18.5. The molecule has 1 unspecified atom stereocenters. The van der Waals surface area contributed by atoms with Gasteiger partial charge in [0, 0.05) is 18.9 Å². The van der Waals surface area contributed by atoms with Crippen LogP contribution in [0.4, 0.5) is 0 Å². The third-order valence-electron chi connectivity index (χ3n) is 2.38. The largest absolute Gasteiger partial charge is 0.350 e. The van der Waals surface area contributed by atoms with E-state index in [0.29, 0.717) is 6.04 Å². The lowest BCUT2D eigenvalue weighted by Gasteiger charge is -2.19. The molecule has 0 spiro atoms. The highest BCUT2D eigenvalue weighted by Crippen LogP contribution is 2.12. The van der Waals surface area contributed by atoms with Crippen molar-refractivity contribution in [3.05, 3.63) is 0 Å². The third kappa shape index (κ3) is 5.17. The molecule has 1 heterocycles. The first-order valence-corrected chi connectivity index (χ1v) is 5.73. The van der Waals surface area contributed by atoms with Gasteiger partial charge in [0.2, 0.25) is 0 Å². The molecule has 1 aliphatic rings. The van der Waals surface area contributed by atoms with Crippen molar-refractivity contribution in [1.82, 2.24) is 5.32 Å². The van der Waals surface area contributed by atoms with Gasteiger partial charge in [0.15, 0.2) is 6.29 Å². The first kappa shape index (κ1) is 12.5. The van der Waals surface area contributed by atoms with Gasteiger partial charge >= 0.3 is 0 Å². The maximum atomic E-state index is 5.43. The van der Waals surface area contributed by atoms with Gasteiger partial charge in [-0.25, -0.2) is 0 Å². The van der Waals surface area contributed by atoms with Crippen LogP contribution >= 0.6 is 0 Å². The van der Waals surface area contributed by atoms with Gasteiger partial charge in [0.05, 0.1) is 13.2 Å². The summed E-state index contributed by atoms with van der Waals surface area (Å²) < 4.78 is 10.9. The van der Waals surface area contributed by atoms with E-state index in [0.717, 1.165) is 39.0 Å². The SMILES string of the molecule is CC#CCC(CC1OCCO1)NCCC. The van der Waals surface area contributed by atoms with Gasteiger partial charge < -0.3 is 14.8 Å². The highest BCUT2D eigenvalue weighted by atomic mass is 16.7. The van der Waals surface area contributed by atoms with E-state index in [9.17, 15) is 0 Å². The van der Waals surface area contributed by atoms with Crippen LogP contribution in [0.15, 0.2) is 0 Å². The summed E-state index contributed by atoms with van der Waals surface area (Å²) in [6, 6.07) is 0.389. The van der Waals surface area contributed by atoms with Crippen molar-refractivity contribution >= 4 is 0 Å². The molecule has 1 N–H and O–H groups in total. The second kappa shape index (κ2) is 7.70. The lowest BCUT2D eigenvalue weighted by molar-refractivity contribution is -0.0523. The fourth-order valence-corrected chi connectivity index (χ4v) is 1.59. The standard InChI is InChI=1S/C12H21NO2/c1-3-5-6-11(13-7-4-2)10-12-14-8-9-15-12/h11-13H,4,6-10H2,1-2H3. The molecule has 1 saturated heterocycles. The molecule has 1 atom stereocenters. The van der Waals surface area contributed by atoms with Gasteiger partial charge in [-0.3, -0.25) is 0 Å². The molecule has 0 saturated carbocycles. The molecule has 0 bridgehead atoms. The van der Waals surface area contributed by atoms with Crippen molar-refractivity contribution in [3.8, 4) is 11.8 Å². The van der Waals surface area contributed by atoms with E-state index in [1.165, 1.54) is 0 Å². The van der Waals surface area contributed by atoms with Gasteiger partial charge in [-0.15, -0.1) is 11.8 Å². The molecule has 0 amide bonds. The van der Waals surface area contributed by atoms with Crippen molar-refractivity contribution in [3.63, 3.8) is 0 Å². The summed E-state index contributed by atoms with van der Waals surface area (Å²) >= 11 is 0. The third-order valence-corrected chi connectivity index (χ3v) is 2.38. The minimum atomic E-state index is -0.0296. The van der Waals surface area contributed by atoms with Crippen LogP contribution in [0.2, 0.25) is 0 Å². The van der Waals surface area contributed by atoms with Gasteiger partial charge in [0.1, 0.15) is 0 Å². The minimum Gasteiger partial charge on any atom is -0.350 e. The molecule has 1 rings (SSSR count). The number of hydrogen-bond acceptors (Lipinski definition) is 3. The maximum absolute atomic E-state index is 5.43. The van der Waals surface area contributed by atoms with Gasteiger partial charge in [-0.05, 0) is 19.9 Å². The van der Waals surface area contributed by atoms with Gasteiger partial charge in [-0.1, -0.05) is 6.92 Å².